The number of nitrogens with zero attached hydrogens (tertiary/aromatic N) is 1. The van der Waals surface area contributed by atoms with Crippen molar-refractivity contribution in [1.82, 2.24) is 10.2 Å². The van der Waals surface area contributed by atoms with Crippen LogP contribution in [0.3, 0.4) is 0 Å². The number of rotatable bonds is 9. The minimum absolute atomic E-state index is 0.280. The van der Waals surface area contributed by atoms with E-state index < -0.39 is 0 Å². The van der Waals surface area contributed by atoms with E-state index in [4.69, 9.17) is 9.47 Å². The van der Waals surface area contributed by atoms with E-state index in [1.54, 1.807) is 0 Å². The van der Waals surface area contributed by atoms with E-state index in [0.717, 1.165) is 62.4 Å². The molecule has 0 radical (unpaired) electrons. The molecule has 1 N–H and O–H groups in total. The number of carbonyl (C=O) groups is 1. The van der Waals surface area contributed by atoms with Gasteiger partial charge in [0.05, 0.1) is 6.61 Å². The number of benzene rings is 2. The first kappa shape index (κ1) is 23.6. The Labute approximate surface area is 198 Å². The Morgan fingerprint density at radius 1 is 0.909 bits per heavy atom. The topological polar surface area (TPSA) is 50.8 Å². The van der Waals surface area contributed by atoms with Crippen LogP contribution < -0.4 is 14.8 Å². The summed E-state index contributed by atoms with van der Waals surface area (Å²) < 4.78 is 11.9. The normalized spacial score (nSPS) is 17.7. The highest BCUT2D eigenvalue weighted by atomic mass is 16.5. The standard InChI is InChI=1S/C28H38N2O3/c1-2-32-27-19-23(13-14-26(27)33-21-22-9-5-3-6-10-22)20-29-25-15-17-30(18-16-25)28(31)24-11-7-4-8-12-24/h3,5-6,9-10,13-14,19,24-25,29H,2,4,7-8,11-12,15-18,20-21H2,1H3. The molecule has 5 heteroatoms. The monoisotopic (exact) mass is 450 g/mol. The van der Waals surface area contributed by atoms with Crippen molar-refractivity contribution < 1.29 is 14.3 Å². The van der Waals surface area contributed by atoms with Crippen molar-refractivity contribution in [2.75, 3.05) is 19.7 Å². The second kappa shape index (κ2) is 12.1. The summed E-state index contributed by atoms with van der Waals surface area (Å²) in [5.74, 6) is 2.25. The van der Waals surface area contributed by atoms with Crippen molar-refractivity contribution in [2.24, 2.45) is 5.92 Å². The number of hydrogen-bond acceptors (Lipinski definition) is 4. The maximum atomic E-state index is 12.8. The van der Waals surface area contributed by atoms with Crippen LogP contribution in [0.25, 0.3) is 0 Å². The number of amides is 1. The summed E-state index contributed by atoms with van der Waals surface area (Å²) in [6.07, 6.45) is 7.95. The van der Waals surface area contributed by atoms with Crippen LogP contribution in [0.15, 0.2) is 48.5 Å². The molecule has 178 valence electrons. The second-order valence-corrected chi connectivity index (χ2v) is 9.30. The second-order valence-electron chi connectivity index (χ2n) is 9.30. The van der Waals surface area contributed by atoms with Crippen LogP contribution in [0.4, 0.5) is 0 Å². The van der Waals surface area contributed by atoms with Crippen LogP contribution in [0.1, 0.15) is 63.0 Å². The van der Waals surface area contributed by atoms with Crippen LogP contribution in [-0.4, -0.2) is 36.5 Å². The molecule has 0 aromatic heterocycles. The van der Waals surface area contributed by atoms with Gasteiger partial charge in [-0.1, -0.05) is 55.7 Å². The Kier molecular flexibility index (Phi) is 8.65. The molecule has 0 unspecified atom stereocenters. The molecule has 4 rings (SSSR count). The van der Waals surface area contributed by atoms with Crippen molar-refractivity contribution in [2.45, 2.75) is 71.1 Å². The molecule has 1 aliphatic heterocycles. The lowest BCUT2D eigenvalue weighted by molar-refractivity contribution is -0.137. The molecule has 2 aromatic carbocycles. The minimum atomic E-state index is 0.280. The van der Waals surface area contributed by atoms with Crippen LogP contribution in [0.5, 0.6) is 11.5 Å². The van der Waals surface area contributed by atoms with Gasteiger partial charge in [0.25, 0.3) is 0 Å². The number of piperidine rings is 1. The zero-order valence-electron chi connectivity index (χ0n) is 19.9. The Bertz CT molecular complexity index is 872. The first-order valence-corrected chi connectivity index (χ1v) is 12.7. The zero-order valence-corrected chi connectivity index (χ0v) is 19.9. The van der Waals surface area contributed by atoms with Crippen molar-refractivity contribution in [3.8, 4) is 11.5 Å². The largest absolute Gasteiger partial charge is 0.490 e. The van der Waals surface area contributed by atoms with Gasteiger partial charge in [-0.2, -0.15) is 0 Å². The Balaban J connectivity index is 1.26. The lowest BCUT2D eigenvalue weighted by Crippen LogP contribution is -2.46. The van der Waals surface area contributed by atoms with E-state index in [2.05, 4.69) is 34.5 Å². The van der Waals surface area contributed by atoms with Crippen LogP contribution in [-0.2, 0) is 17.9 Å². The molecule has 0 bridgehead atoms. The first-order valence-electron chi connectivity index (χ1n) is 12.7. The smallest absolute Gasteiger partial charge is 0.225 e. The molecular formula is C28H38N2O3. The summed E-state index contributed by atoms with van der Waals surface area (Å²) in [6, 6.07) is 16.8. The molecule has 1 saturated carbocycles. The molecular weight excluding hydrogens is 412 g/mol. The third kappa shape index (κ3) is 6.73. The fourth-order valence-corrected chi connectivity index (χ4v) is 4.96. The third-order valence-electron chi connectivity index (χ3n) is 6.90. The highest BCUT2D eigenvalue weighted by Crippen LogP contribution is 2.30. The molecule has 5 nitrogen and oxygen atoms in total. The van der Waals surface area contributed by atoms with Crippen molar-refractivity contribution >= 4 is 5.91 Å². The van der Waals surface area contributed by atoms with Gasteiger partial charge in [0.2, 0.25) is 5.91 Å². The minimum Gasteiger partial charge on any atom is -0.490 e. The van der Waals surface area contributed by atoms with Gasteiger partial charge in [-0.05, 0) is 55.9 Å². The molecule has 2 aromatic rings. The number of carbonyl (C=O) groups excluding carboxylic acids is 1. The maximum Gasteiger partial charge on any atom is 0.225 e. The molecule has 1 heterocycles. The fourth-order valence-electron chi connectivity index (χ4n) is 4.96. The summed E-state index contributed by atoms with van der Waals surface area (Å²) in [6.45, 7) is 5.67. The quantitative estimate of drug-likeness (QED) is 0.561. The first-order chi connectivity index (χ1) is 16.2. The molecule has 1 saturated heterocycles. The predicted octanol–water partition coefficient (Wildman–Crippen LogP) is 5.33. The van der Waals surface area contributed by atoms with Gasteiger partial charge < -0.3 is 19.7 Å². The fraction of sp³-hybridized carbons (Fsp3) is 0.536. The van der Waals surface area contributed by atoms with E-state index in [1.807, 2.05) is 31.2 Å². The van der Waals surface area contributed by atoms with Gasteiger partial charge in [0.1, 0.15) is 6.61 Å². The van der Waals surface area contributed by atoms with Crippen LogP contribution >= 0.6 is 0 Å². The van der Waals surface area contributed by atoms with E-state index in [0.29, 0.717) is 25.2 Å². The molecule has 0 atom stereocenters. The number of hydrogen-bond donors (Lipinski definition) is 1. The number of likely N-dealkylation sites (tertiary alicyclic amines) is 1. The van der Waals surface area contributed by atoms with E-state index in [9.17, 15) is 4.79 Å². The van der Waals surface area contributed by atoms with Gasteiger partial charge in [-0.25, -0.2) is 0 Å². The van der Waals surface area contributed by atoms with Gasteiger partial charge >= 0.3 is 0 Å². The number of nitrogens with one attached hydrogen (secondary N) is 1. The lowest BCUT2D eigenvalue weighted by atomic mass is 9.87. The van der Waals surface area contributed by atoms with E-state index in [-0.39, 0.29) is 5.92 Å². The summed E-state index contributed by atoms with van der Waals surface area (Å²) in [5, 5.41) is 3.69. The van der Waals surface area contributed by atoms with E-state index >= 15 is 0 Å². The van der Waals surface area contributed by atoms with E-state index in [1.165, 1.54) is 24.8 Å². The average Bonchev–Trinajstić information content (AvgIpc) is 2.88. The number of ether oxygens (including phenoxy) is 2. The highest BCUT2D eigenvalue weighted by Gasteiger charge is 2.28. The summed E-state index contributed by atoms with van der Waals surface area (Å²) in [5.41, 5.74) is 2.32. The molecule has 2 fully saturated rings. The maximum absolute atomic E-state index is 12.8. The van der Waals surface area contributed by atoms with Crippen molar-refractivity contribution in [1.29, 1.82) is 0 Å². The Hall–Kier alpha value is -2.53. The SMILES string of the molecule is CCOc1cc(CNC2CCN(C(=O)C3CCCCC3)CC2)ccc1OCc1ccccc1. The van der Waals surface area contributed by atoms with Gasteiger partial charge in [-0.15, -0.1) is 0 Å². The van der Waals surface area contributed by atoms with Crippen molar-refractivity contribution in [3.63, 3.8) is 0 Å². The summed E-state index contributed by atoms with van der Waals surface area (Å²) in [4.78, 5) is 14.9. The van der Waals surface area contributed by atoms with Gasteiger partial charge in [0, 0.05) is 31.6 Å². The predicted molar refractivity (Wildman–Crippen MR) is 131 cm³/mol. The molecule has 2 aliphatic rings. The average molecular weight is 451 g/mol. The molecule has 1 amide bonds. The van der Waals surface area contributed by atoms with Gasteiger partial charge in [0.15, 0.2) is 11.5 Å². The molecule has 33 heavy (non-hydrogen) atoms. The zero-order chi connectivity index (χ0) is 22.9. The summed E-state index contributed by atoms with van der Waals surface area (Å²) in [7, 11) is 0. The van der Waals surface area contributed by atoms with Crippen LogP contribution in [0, 0.1) is 5.92 Å². The summed E-state index contributed by atoms with van der Waals surface area (Å²) >= 11 is 0. The Morgan fingerprint density at radius 3 is 2.39 bits per heavy atom. The van der Waals surface area contributed by atoms with Crippen molar-refractivity contribution in [3.05, 3.63) is 59.7 Å². The highest BCUT2D eigenvalue weighted by molar-refractivity contribution is 5.79. The van der Waals surface area contributed by atoms with Gasteiger partial charge in [-0.3, -0.25) is 4.79 Å². The lowest BCUT2D eigenvalue weighted by Gasteiger charge is -2.35. The molecule has 0 spiro atoms. The third-order valence-corrected chi connectivity index (χ3v) is 6.90. The molecule has 1 aliphatic carbocycles. The Morgan fingerprint density at radius 2 is 1.67 bits per heavy atom. The van der Waals surface area contributed by atoms with Crippen LogP contribution in [0.2, 0.25) is 0 Å².